The standard InChI is InChI=1S/C11H17N3/c1-4-5-9(3)14-11-10(12)6-8(2)7-13-11/h4,6-7,9H,1,5,12H2,2-3H3,(H,13,14). The summed E-state index contributed by atoms with van der Waals surface area (Å²) >= 11 is 0. The quantitative estimate of drug-likeness (QED) is 0.718. The van der Waals surface area contributed by atoms with Gasteiger partial charge in [-0.1, -0.05) is 6.08 Å². The van der Waals surface area contributed by atoms with E-state index in [1.165, 1.54) is 0 Å². The Bertz CT molecular complexity index is 320. The van der Waals surface area contributed by atoms with Gasteiger partial charge >= 0.3 is 0 Å². The molecule has 1 unspecified atom stereocenters. The summed E-state index contributed by atoms with van der Waals surface area (Å²) in [5.74, 6) is 0.755. The lowest BCUT2D eigenvalue weighted by Gasteiger charge is -2.14. The van der Waals surface area contributed by atoms with Crippen LogP contribution in [-0.4, -0.2) is 11.0 Å². The Morgan fingerprint density at radius 1 is 1.71 bits per heavy atom. The van der Waals surface area contributed by atoms with Crippen molar-refractivity contribution in [2.75, 3.05) is 11.1 Å². The summed E-state index contributed by atoms with van der Waals surface area (Å²) in [5, 5.41) is 3.23. The summed E-state index contributed by atoms with van der Waals surface area (Å²) in [6.07, 6.45) is 4.58. The van der Waals surface area contributed by atoms with Crippen LogP contribution in [0.4, 0.5) is 11.5 Å². The van der Waals surface area contributed by atoms with Gasteiger partial charge in [-0.3, -0.25) is 0 Å². The van der Waals surface area contributed by atoms with Gasteiger partial charge in [-0.2, -0.15) is 0 Å². The molecule has 0 saturated heterocycles. The van der Waals surface area contributed by atoms with Crippen LogP contribution in [0.3, 0.4) is 0 Å². The Kier molecular flexibility index (Phi) is 3.51. The van der Waals surface area contributed by atoms with Gasteiger partial charge in [0.25, 0.3) is 0 Å². The molecule has 0 fully saturated rings. The first-order chi connectivity index (χ1) is 6.63. The van der Waals surface area contributed by atoms with Gasteiger partial charge in [-0.25, -0.2) is 4.98 Å². The SMILES string of the molecule is C=CCC(C)Nc1ncc(C)cc1N. The molecule has 0 amide bonds. The summed E-state index contributed by atoms with van der Waals surface area (Å²) in [5.41, 5.74) is 7.58. The normalized spacial score (nSPS) is 12.1. The molecule has 1 aromatic heterocycles. The van der Waals surface area contributed by atoms with Gasteiger partial charge in [0.2, 0.25) is 0 Å². The third-order valence-corrected chi connectivity index (χ3v) is 1.96. The van der Waals surface area contributed by atoms with Crippen LogP contribution in [0.5, 0.6) is 0 Å². The third kappa shape index (κ3) is 2.76. The molecule has 1 aromatic rings. The number of hydrogen-bond acceptors (Lipinski definition) is 3. The molecule has 1 heterocycles. The second-order valence-corrected chi connectivity index (χ2v) is 3.52. The molecule has 0 radical (unpaired) electrons. The number of pyridine rings is 1. The highest BCUT2D eigenvalue weighted by Gasteiger charge is 2.04. The third-order valence-electron chi connectivity index (χ3n) is 1.96. The number of aryl methyl sites for hydroxylation is 1. The molecule has 1 atom stereocenters. The molecule has 14 heavy (non-hydrogen) atoms. The van der Waals surface area contributed by atoms with Gasteiger partial charge in [-0.15, -0.1) is 6.58 Å². The largest absolute Gasteiger partial charge is 0.396 e. The van der Waals surface area contributed by atoms with Crippen molar-refractivity contribution in [1.82, 2.24) is 4.98 Å². The summed E-state index contributed by atoms with van der Waals surface area (Å²) in [6, 6.07) is 2.22. The zero-order valence-corrected chi connectivity index (χ0v) is 8.75. The van der Waals surface area contributed by atoms with Crippen molar-refractivity contribution >= 4 is 11.5 Å². The van der Waals surface area contributed by atoms with E-state index in [2.05, 4.69) is 23.8 Å². The fourth-order valence-electron chi connectivity index (χ4n) is 1.25. The molecule has 0 aliphatic rings. The molecule has 0 aliphatic carbocycles. The molecule has 1 rings (SSSR count). The molecular formula is C11H17N3. The van der Waals surface area contributed by atoms with Gasteiger partial charge in [-0.05, 0) is 31.9 Å². The molecule has 3 heteroatoms. The highest BCUT2D eigenvalue weighted by Crippen LogP contribution is 2.17. The average molecular weight is 191 g/mol. The lowest BCUT2D eigenvalue weighted by Crippen LogP contribution is -2.16. The van der Waals surface area contributed by atoms with Crippen LogP contribution < -0.4 is 11.1 Å². The van der Waals surface area contributed by atoms with E-state index >= 15 is 0 Å². The van der Waals surface area contributed by atoms with E-state index in [0.29, 0.717) is 11.7 Å². The number of rotatable bonds is 4. The van der Waals surface area contributed by atoms with E-state index in [9.17, 15) is 0 Å². The maximum atomic E-state index is 5.82. The van der Waals surface area contributed by atoms with Crippen molar-refractivity contribution in [1.29, 1.82) is 0 Å². The zero-order chi connectivity index (χ0) is 10.6. The minimum absolute atomic E-state index is 0.310. The minimum Gasteiger partial charge on any atom is -0.396 e. The Labute approximate surface area is 85.0 Å². The van der Waals surface area contributed by atoms with Gasteiger partial charge in [0, 0.05) is 12.2 Å². The molecule has 0 aromatic carbocycles. The van der Waals surface area contributed by atoms with Gasteiger partial charge < -0.3 is 11.1 Å². The first-order valence-electron chi connectivity index (χ1n) is 4.73. The van der Waals surface area contributed by atoms with Crippen molar-refractivity contribution in [2.24, 2.45) is 0 Å². The highest BCUT2D eigenvalue weighted by molar-refractivity contribution is 5.61. The summed E-state index contributed by atoms with van der Waals surface area (Å²) in [6.45, 7) is 7.73. The Balaban J connectivity index is 2.71. The van der Waals surface area contributed by atoms with Crippen molar-refractivity contribution in [3.05, 3.63) is 30.5 Å². The Morgan fingerprint density at radius 2 is 2.43 bits per heavy atom. The van der Waals surface area contributed by atoms with Crippen LogP contribution in [0.25, 0.3) is 0 Å². The van der Waals surface area contributed by atoms with Crippen LogP contribution >= 0.6 is 0 Å². The first kappa shape index (κ1) is 10.6. The number of nitrogens with one attached hydrogen (secondary N) is 1. The number of nitrogen functional groups attached to an aromatic ring is 1. The van der Waals surface area contributed by atoms with Crippen LogP contribution in [0, 0.1) is 6.92 Å². The van der Waals surface area contributed by atoms with Crippen LogP contribution in [0.1, 0.15) is 18.9 Å². The molecule has 76 valence electrons. The van der Waals surface area contributed by atoms with E-state index in [0.717, 1.165) is 17.8 Å². The number of nitrogens with zero attached hydrogens (tertiary/aromatic N) is 1. The molecule has 3 N–H and O–H groups in total. The van der Waals surface area contributed by atoms with E-state index in [1.54, 1.807) is 6.20 Å². The number of hydrogen-bond donors (Lipinski definition) is 2. The van der Waals surface area contributed by atoms with Crippen molar-refractivity contribution in [3.63, 3.8) is 0 Å². The zero-order valence-electron chi connectivity index (χ0n) is 8.75. The fourth-order valence-corrected chi connectivity index (χ4v) is 1.25. The lowest BCUT2D eigenvalue weighted by molar-refractivity contribution is 0.808. The van der Waals surface area contributed by atoms with Gasteiger partial charge in [0.05, 0.1) is 5.69 Å². The number of nitrogens with two attached hydrogens (primary N) is 1. The fraction of sp³-hybridized carbons (Fsp3) is 0.364. The molecule has 0 spiro atoms. The van der Waals surface area contributed by atoms with Crippen LogP contribution in [0.2, 0.25) is 0 Å². The van der Waals surface area contributed by atoms with E-state index < -0.39 is 0 Å². The van der Waals surface area contributed by atoms with Crippen molar-refractivity contribution < 1.29 is 0 Å². The lowest BCUT2D eigenvalue weighted by atomic mass is 10.2. The smallest absolute Gasteiger partial charge is 0.149 e. The number of anilines is 2. The highest BCUT2D eigenvalue weighted by atomic mass is 15.0. The van der Waals surface area contributed by atoms with Gasteiger partial charge in [0.15, 0.2) is 0 Å². The van der Waals surface area contributed by atoms with Crippen molar-refractivity contribution in [2.45, 2.75) is 26.3 Å². The average Bonchev–Trinajstić information content (AvgIpc) is 2.10. The molecule has 0 bridgehead atoms. The van der Waals surface area contributed by atoms with Gasteiger partial charge in [0.1, 0.15) is 5.82 Å². The molecule has 0 saturated carbocycles. The van der Waals surface area contributed by atoms with Crippen LogP contribution in [0.15, 0.2) is 24.9 Å². The Hall–Kier alpha value is -1.51. The molecule has 0 aliphatic heterocycles. The second-order valence-electron chi connectivity index (χ2n) is 3.52. The maximum Gasteiger partial charge on any atom is 0.149 e. The Morgan fingerprint density at radius 3 is 3.00 bits per heavy atom. The first-order valence-corrected chi connectivity index (χ1v) is 4.73. The topological polar surface area (TPSA) is 50.9 Å². The summed E-state index contributed by atoms with van der Waals surface area (Å²) < 4.78 is 0. The predicted molar refractivity (Wildman–Crippen MR) is 61.3 cm³/mol. The summed E-state index contributed by atoms with van der Waals surface area (Å²) in [7, 11) is 0. The predicted octanol–water partition coefficient (Wildman–Crippen LogP) is 2.35. The number of aromatic nitrogens is 1. The maximum absolute atomic E-state index is 5.82. The van der Waals surface area contributed by atoms with Crippen molar-refractivity contribution in [3.8, 4) is 0 Å². The second kappa shape index (κ2) is 4.65. The molecule has 3 nitrogen and oxygen atoms in total. The van der Waals surface area contributed by atoms with E-state index in [-0.39, 0.29) is 0 Å². The monoisotopic (exact) mass is 191 g/mol. The van der Waals surface area contributed by atoms with Crippen LogP contribution in [-0.2, 0) is 0 Å². The minimum atomic E-state index is 0.310. The molecular weight excluding hydrogens is 174 g/mol. The summed E-state index contributed by atoms with van der Waals surface area (Å²) in [4.78, 5) is 4.23. The van der Waals surface area contributed by atoms with E-state index in [4.69, 9.17) is 5.73 Å². The van der Waals surface area contributed by atoms with E-state index in [1.807, 2.05) is 19.1 Å².